The Kier molecular flexibility index (Phi) is 3.36. The van der Waals surface area contributed by atoms with Gasteiger partial charge in [-0.1, -0.05) is 6.42 Å². The van der Waals surface area contributed by atoms with Crippen LogP contribution < -0.4 is 5.43 Å². The molecular weight excluding hydrogens is 230 g/mol. The van der Waals surface area contributed by atoms with Crippen LogP contribution in [0.4, 0.5) is 8.78 Å². The van der Waals surface area contributed by atoms with E-state index in [0.29, 0.717) is 19.5 Å². The highest BCUT2D eigenvalue weighted by molar-refractivity contribution is 5.84. The van der Waals surface area contributed by atoms with Crippen LogP contribution in [-0.2, 0) is 4.79 Å². The lowest BCUT2D eigenvalue weighted by Gasteiger charge is -2.42. The fraction of sp³-hybridized carbons (Fsp3) is 0.909. The number of halogens is 2. The number of carbonyl (C=O) groups is 1. The van der Waals surface area contributed by atoms with Gasteiger partial charge in [0, 0.05) is 13.1 Å². The molecular formula is C11H18F2N2O2. The van der Waals surface area contributed by atoms with Crippen molar-refractivity contribution in [3.8, 4) is 0 Å². The number of nitrogens with one attached hydrogen (secondary N) is 1. The second-order valence-corrected chi connectivity index (χ2v) is 4.95. The van der Waals surface area contributed by atoms with Crippen LogP contribution in [0.2, 0.25) is 0 Å². The third kappa shape index (κ3) is 2.28. The molecule has 0 unspecified atom stereocenters. The molecule has 1 heterocycles. The molecule has 1 saturated carbocycles. The first-order valence-electron chi connectivity index (χ1n) is 6.12. The van der Waals surface area contributed by atoms with Gasteiger partial charge in [-0.2, -0.15) is 8.78 Å². The second kappa shape index (κ2) is 4.49. The van der Waals surface area contributed by atoms with E-state index in [1.54, 1.807) is 0 Å². The van der Waals surface area contributed by atoms with Gasteiger partial charge in [0.25, 0.3) is 0 Å². The van der Waals surface area contributed by atoms with Crippen molar-refractivity contribution >= 4 is 5.91 Å². The quantitative estimate of drug-likeness (QED) is 0.785. The Hall–Kier alpha value is -0.750. The van der Waals surface area contributed by atoms with Gasteiger partial charge in [0.15, 0.2) is 0 Å². The van der Waals surface area contributed by atoms with Crippen molar-refractivity contribution in [1.29, 1.82) is 0 Å². The van der Waals surface area contributed by atoms with E-state index in [-0.39, 0.29) is 12.8 Å². The normalized spacial score (nSPS) is 25.1. The Morgan fingerprint density at radius 1 is 1.18 bits per heavy atom. The van der Waals surface area contributed by atoms with E-state index in [4.69, 9.17) is 0 Å². The van der Waals surface area contributed by atoms with E-state index < -0.39 is 17.4 Å². The third-order valence-electron chi connectivity index (χ3n) is 3.67. The molecule has 1 amide bonds. The number of amides is 1. The summed E-state index contributed by atoms with van der Waals surface area (Å²) >= 11 is 0. The Morgan fingerprint density at radius 2 is 1.76 bits per heavy atom. The van der Waals surface area contributed by atoms with Crippen molar-refractivity contribution in [2.45, 2.75) is 50.0 Å². The number of hydrogen-bond acceptors (Lipinski definition) is 3. The maximum Gasteiger partial charge on any atom is 0.353 e. The Bertz CT molecular complexity index is 300. The molecule has 1 saturated heterocycles. The van der Waals surface area contributed by atoms with Gasteiger partial charge in [-0.05, 0) is 32.1 Å². The molecule has 2 aliphatic rings. The minimum Gasteiger partial charge on any atom is -0.383 e. The van der Waals surface area contributed by atoms with Gasteiger partial charge in [0.1, 0.15) is 5.60 Å². The van der Waals surface area contributed by atoms with Crippen molar-refractivity contribution in [3.05, 3.63) is 0 Å². The molecule has 1 aliphatic carbocycles. The first kappa shape index (κ1) is 12.7. The van der Waals surface area contributed by atoms with Gasteiger partial charge in [0.05, 0.1) is 0 Å². The third-order valence-corrected chi connectivity index (χ3v) is 3.67. The van der Waals surface area contributed by atoms with E-state index in [0.717, 1.165) is 19.3 Å². The lowest BCUT2D eigenvalue weighted by atomic mass is 9.75. The van der Waals surface area contributed by atoms with Crippen LogP contribution in [-0.4, -0.2) is 40.6 Å². The van der Waals surface area contributed by atoms with E-state index in [1.165, 1.54) is 5.01 Å². The molecule has 0 aromatic carbocycles. The van der Waals surface area contributed by atoms with Crippen LogP contribution in [0.15, 0.2) is 0 Å². The van der Waals surface area contributed by atoms with E-state index in [9.17, 15) is 18.7 Å². The predicted molar refractivity (Wildman–Crippen MR) is 57.3 cm³/mol. The molecule has 98 valence electrons. The fourth-order valence-electron chi connectivity index (χ4n) is 2.26. The number of carbonyl (C=O) groups excluding carboxylic acids is 1. The van der Waals surface area contributed by atoms with E-state index >= 15 is 0 Å². The molecule has 0 radical (unpaired) electrons. The lowest BCUT2D eigenvalue weighted by molar-refractivity contribution is -0.219. The zero-order valence-electron chi connectivity index (χ0n) is 9.72. The summed E-state index contributed by atoms with van der Waals surface area (Å²) in [6.45, 7) is 1.19. The SMILES string of the molecule is O=C(NN1CCCCC1)C(F)(F)C1(O)CCC1. The van der Waals surface area contributed by atoms with Gasteiger partial charge >= 0.3 is 11.8 Å². The van der Waals surface area contributed by atoms with Crippen LogP contribution in [0.25, 0.3) is 0 Å². The van der Waals surface area contributed by atoms with Gasteiger partial charge in [-0.15, -0.1) is 0 Å². The minimum absolute atomic E-state index is 0.00653. The molecule has 6 heteroatoms. The zero-order valence-corrected chi connectivity index (χ0v) is 9.72. The Balaban J connectivity index is 1.93. The highest BCUT2D eigenvalue weighted by Crippen LogP contribution is 2.44. The molecule has 4 nitrogen and oxygen atoms in total. The van der Waals surface area contributed by atoms with E-state index in [1.807, 2.05) is 0 Å². The molecule has 0 atom stereocenters. The van der Waals surface area contributed by atoms with Crippen LogP contribution in [0.3, 0.4) is 0 Å². The highest BCUT2D eigenvalue weighted by atomic mass is 19.3. The molecule has 0 aromatic heterocycles. The number of aliphatic hydroxyl groups is 1. The average Bonchev–Trinajstić information content (AvgIpc) is 2.27. The average molecular weight is 248 g/mol. The Morgan fingerprint density at radius 3 is 2.24 bits per heavy atom. The topological polar surface area (TPSA) is 52.6 Å². The van der Waals surface area contributed by atoms with Gasteiger partial charge in [0.2, 0.25) is 0 Å². The summed E-state index contributed by atoms with van der Waals surface area (Å²) in [5.74, 6) is -5.07. The lowest BCUT2D eigenvalue weighted by Crippen LogP contribution is -2.63. The van der Waals surface area contributed by atoms with E-state index in [2.05, 4.69) is 5.43 Å². The van der Waals surface area contributed by atoms with Crippen molar-refractivity contribution in [2.24, 2.45) is 0 Å². The minimum atomic E-state index is -3.69. The highest BCUT2D eigenvalue weighted by Gasteiger charge is 2.61. The number of alkyl halides is 2. The van der Waals surface area contributed by atoms with Crippen LogP contribution >= 0.6 is 0 Å². The monoisotopic (exact) mass is 248 g/mol. The van der Waals surface area contributed by atoms with Crippen molar-refractivity contribution in [1.82, 2.24) is 10.4 Å². The second-order valence-electron chi connectivity index (χ2n) is 4.95. The first-order chi connectivity index (χ1) is 7.96. The van der Waals surface area contributed by atoms with Crippen molar-refractivity contribution < 1.29 is 18.7 Å². The van der Waals surface area contributed by atoms with Gasteiger partial charge in [-0.25, -0.2) is 5.01 Å². The summed E-state index contributed by atoms with van der Waals surface area (Å²) in [6, 6.07) is 0. The summed E-state index contributed by atoms with van der Waals surface area (Å²) < 4.78 is 27.4. The molecule has 0 bridgehead atoms. The summed E-state index contributed by atoms with van der Waals surface area (Å²) in [5.41, 5.74) is 0.0858. The standard InChI is InChI=1S/C11H18F2N2O2/c12-11(13,10(17)5-4-6-10)9(16)14-15-7-2-1-3-8-15/h17H,1-8H2,(H,14,16). The van der Waals surface area contributed by atoms with Crippen LogP contribution in [0.5, 0.6) is 0 Å². The molecule has 2 rings (SSSR count). The Labute approximate surface area is 98.9 Å². The molecule has 1 aliphatic heterocycles. The first-order valence-corrected chi connectivity index (χ1v) is 6.12. The van der Waals surface area contributed by atoms with Crippen molar-refractivity contribution in [3.63, 3.8) is 0 Å². The predicted octanol–water partition coefficient (Wildman–Crippen LogP) is 1.05. The smallest absolute Gasteiger partial charge is 0.353 e. The van der Waals surface area contributed by atoms with Crippen molar-refractivity contribution in [2.75, 3.05) is 13.1 Å². The maximum absolute atomic E-state index is 13.7. The maximum atomic E-state index is 13.7. The molecule has 2 N–H and O–H groups in total. The number of hydrazine groups is 1. The number of rotatable bonds is 3. The number of piperidine rings is 1. The van der Waals surface area contributed by atoms with Crippen LogP contribution in [0, 0.1) is 0 Å². The molecule has 17 heavy (non-hydrogen) atoms. The number of nitrogens with zero attached hydrogens (tertiary/aromatic N) is 1. The summed E-state index contributed by atoms with van der Waals surface area (Å²) in [7, 11) is 0. The van der Waals surface area contributed by atoms with Gasteiger partial charge < -0.3 is 5.11 Å². The summed E-state index contributed by atoms with van der Waals surface area (Å²) in [6.07, 6.45) is 3.39. The summed E-state index contributed by atoms with van der Waals surface area (Å²) in [4.78, 5) is 11.5. The fourth-order valence-corrected chi connectivity index (χ4v) is 2.26. The van der Waals surface area contributed by atoms with Gasteiger partial charge in [-0.3, -0.25) is 10.2 Å². The summed E-state index contributed by atoms with van der Waals surface area (Å²) in [5, 5.41) is 11.1. The molecule has 0 spiro atoms. The largest absolute Gasteiger partial charge is 0.383 e. The van der Waals surface area contributed by atoms with Crippen LogP contribution in [0.1, 0.15) is 38.5 Å². The zero-order chi connectivity index (χ0) is 12.5. The molecule has 0 aromatic rings. The molecule has 2 fully saturated rings. The number of hydrogen-bond donors (Lipinski definition) is 2.